The van der Waals surface area contributed by atoms with E-state index in [2.05, 4.69) is 5.32 Å². The lowest BCUT2D eigenvalue weighted by Crippen LogP contribution is -2.53. The van der Waals surface area contributed by atoms with E-state index in [0.717, 1.165) is 4.90 Å². The molecule has 1 aliphatic rings. The number of amides is 2. The summed E-state index contributed by atoms with van der Waals surface area (Å²) in [6, 6.07) is 12.2. The Bertz CT molecular complexity index is 1040. The van der Waals surface area contributed by atoms with Gasteiger partial charge in [0.15, 0.2) is 0 Å². The zero-order valence-electron chi connectivity index (χ0n) is 15.5. The average Bonchev–Trinajstić information content (AvgIpc) is 2.70. The Labute approximate surface area is 176 Å². The second-order valence-electron chi connectivity index (χ2n) is 6.90. The molecule has 0 bridgehead atoms. The molecule has 9 heteroatoms. The van der Waals surface area contributed by atoms with E-state index in [4.69, 9.17) is 11.6 Å². The summed E-state index contributed by atoms with van der Waals surface area (Å²) in [6.45, 7) is 0. The van der Waals surface area contributed by atoms with Gasteiger partial charge in [0, 0.05) is 35.2 Å². The molecule has 1 aliphatic carbocycles. The average molecular weight is 429 g/mol. The molecular formula is C21H15ClF2N4O2. The van der Waals surface area contributed by atoms with Gasteiger partial charge in [-0.1, -0.05) is 29.8 Å². The first-order valence-corrected chi connectivity index (χ1v) is 9.27. The van der Waals surface area contributed by atoms with Crippen molar-refractivity contribution in [2.45, 2.75) is 30.8 Å². The highest BCUT2D eigenvalue weighted by Gasteiger charge is 2.47. The number of rotatable bonds is 6. The van der Waals surface area contributed by atoms with Crippen LogP contribution in [0, 0.1) is 22.7 Å². The maximum absolute atomic E-state index is 13.2. The molecule has 1 atom stereocenters. The Morgan fingerprint density at radius 2 is 1.80 bits per heavy atom. The third-order valence-electron chi connectivity index (χ3n) is 4.75. The zero-order chi connectivity index (χ0) is 21.9. The summed E-state index contributed by atoms with van der Waals surface area (Å²) in [5.41, 5.74) is 0.635. The summed E-state index contributed by atoms with van der Waals surface area (Å²) >= 11 is 6.25. The van der Waals surface area contributed by atoms with Gasteiger partial charge in [-0.05, 0) is 24.3 Å². The second kappa shape index (κ2) is 8.48. The molecule has 2 aromatic rings. The third kappa shape index (κ3) is 4.40. The maximum Gasteiger partial charge on any atom is 0.252 e. The molecule has 1 saturated carbocycles. The van der Waals surface area contributed by atoms with Crippen LogP contribution >= 0.6 is 11.6 Å². The fourth-order valence-electron chi connectivity index (χ4n) is 3.32. The Morgan fingerprint density at radius 3 is 2.30 bits per heavy atom. The summed E-state index contributed by atoms with van der Waals surface area (Å²) in [5.74, 6) is -3.53. The van der Waals surface area contributed by atoms with Gasteiger partial charge >= 0.3 is 0 Å². The lowest BCUT2D eigenvalue weighted by Gasteiger charge is -2.37. The first-order chi connectivity index (χ1) is 14.3. The SMILES string of the molecule is N#Cc1cc(C#N)cc(N(C=O)C(C(=O)NC2CC(F)(F)C2)c2ccccc2Cl)c1. The van der Waals surface area contributed by atoms with Crippen LogP contribution in [-0.2, 0) is 9.59 Å². The standard InChI is InChI=1S/C21H15ClF2N4O2/c22-18-4-2-1-3-17(18)19(20(30)27-15-8-21(23,24)9-15)28(12-29)16-6-13(10-25)5-14(7-16)11-26/h1-7,12,15,19H,8-9H2,(H,27,30). The van der Waals surface area contributed by atoms with E-state index in [9.17, 15) is 28.9 Å². The van der Waals surface area contributed by atoms with E-state index in [1.54, 1.807) is 12.1 Å². The quantitative estimate of drug-likeness (QED) is 0.709. The summed E-state index contributed by atoms with van der Waals surface area (Å²) in [6.07, 6.45) is -0.601. The molecule has 0 spiro atoms. The van der Waals surface area contributed by atoms with Crippen molar-refractivity contribution in [3.63, 3.8) is 0 Å². The highest BCUT2D eigenvalue weighted by molar-refractivity contribution is 6.31. The van der Waals surface area contributed by atoms with Gasteiger partial charge in [-0.15, -0.1) is 0 Å². The van der Waals surface area contributed by atoms with Gasteiger partial charge < -0.3 is 5.32 Å². The molecule has 2 aromatic carbocycles. The molecular weight excluding hydrogens is 414 g/mol. The number of hydrogen-bond donors (Lipinski definition) is 1. The van der Waals surface area contributed by atoms with Gasteiger partial charge in [-0.3, -0.25) is 14.5 Å². The van der Waals surface area contributed by atoms with Crippen LogP contribution in [0.3, 0.4) is 0 Å². The minimum atomic E-state index is -2.83. The van der Waals surface area contributed by atoms with Crippen LogP contribution in [0.15, 0.2) is 42.5 Å². The molecule has 30 heavy (non-hydrogen) atoms. The second-order valence-corrected chi connectivity index (χ2v) is 7.31. The number of hydrogen-bond acceptors (Lipinski definition) is 4. The number of nitrogens with zero attached hydrogens (tertiary/aromatic N) is 3. The van der Waals surface area contributed by atoms with Crippen LogP contribution in [0.5, 0.6) is 0 Å². The predicted molar refractivity (Wildman–Crippen MR) is 105 cm³/mol. The highest BCUT2D eigenvalue weighted by Crippen LogP contribution is 2.38. The molecule has 0 aromatic heterocycles. The van der Waals surface area contributed by atoms with Crippen molar-refractivity contribution in [3.8, 4) is 12.1 Å². The summed E-state index contributed by atoms with van der Waals surface area (Å²) < 4.78 is 26.4. The Hall–Kier alpha value is -3.49. The van der Waals surface area contributed by atoms with E-state index in [0.29, 0.717) is 6.41 Å². The highest BCUT2D eigenvalue weighted by atomic mass is 35.5. The monoisotopic (exact) mass is 428 g/mol. The van der Waals surface area contributed by atoms with Crippen molar-refractivity contribution in [2.75, 3.05) is 4.90 Å². The predicted octanol–water partition coefficient (Wildman–Crippen LogP) is 3.70. The number of halogens is 3. The van der Waals surface area contributed by atoms with E-state index >= 15 is 0 Å². The molecule has 0 saturated heterocycles. The number of carbonyl (C=O) groups is 2. The van der Waals surface area contributed by atoms with E-state index in [-0.39, 0.29) is 27.4 Å². The third-order valence-corrected chi connectivity index (χ3v) is 5.09. The van der Waals surface area contributed by atoms with E-state index in [1.807, 2.05) is 12.1 Å². The first kappa shape index (κ1) is 21.2. The van der Waals surface area contributed by atoms with E-state index in [1.165, 1.54) is 30.3 Å². The van der Waals surface area contributed by atoms with Crippen LogP contribution < -0.4 is 10.2 Å². The number of benzene rings is 2. The van der Waals surface area contributed by atoms with Crippen molar-refractivity contribution in [1.82, 2.24) is 5.32 Å². The molecule has 1 N–H and O–H groups in total. The van der Waals surface area contributed by atoms with Crippen LogP contribution in [0.25, 0.3) is 0 Å². The van der Waals surface area contributed by atoms with Crippen LogP contribution in [0.1, 0.15) is 35.6 Å². The molecule has 1 unspecified atom stereocenters. The van der Waals surface area contributed by atoms with Gasteiger partial charge in [-0.25, -0.2) is 8.78 Å². The summed E-state index contributed by atoms with van der Waals surface area (Å²) in [4.78, 5) is 26.1. The number of anilines is 1. The van der Waals surface area contributed by atoms with Crippen molar-refractivity contribution in [3.05, 3.63) is 64.2 Å². The number of carbonyl (C=O) groups excluding carboxylic acids is 2. The molecule has 152 valence electrons. The molecule has 0 aliphatic heterocycles. The van der Waals surface area contributed by atoms with Crippen molar-refractivity contribution in [1.29, 1.82) is 10.5 Å². The lowest BCUT2D eigenvalue weighted by molar-refractivity contribution is -0.131. The Balaban J connectivity index is 2.03. The Kier molecular flexibility index (Phi) is 6.00. The first-order valence-electron chi connectivity index (χ1n) is 8.89. The van der Waals surface area contributed by atoms with Gasteiger partial charge in [0.25, 0.3) is 5.92 Å². The smallest absolute Gasteiger partial charge is 0.252 e. The molecule has 0 heterocycles. The summed E-state index contributed by atoms with van der Waals surface area (Å²) in [7, 11) is 0. The van der Waals surface area contributed by atoms with Gasteiger partial charge in [0.1, 0.15) is 6.04 Å². The molecule has 1 fully saturated rings. The zero-order valence-corrected chi connectivity index (χ0v) is 16.2. The molecule has 3 rings (SSSR count). The molecule has 6 nitrogen and oxygen atoms in total. The summed E-state index contributed by atoms with van der Waals surface area (Å²) in [5, 5.41) is 21.2. The van der Waals surface area contributed by atoms with Gasteiger partial charge in [-0.2, -0.15) is 10.5 Å². The number of alkyl halides is 2. The normalized spacial score (nSPS) is 15.8. The van der Waals surface area contributed by atoms with Gasteiger partial charge in [0.2, 0.25) is 12.3 Å². The fraction of sp³-hybridized carbons (Fsp3) is 0.238. The minimum absolute atomic E-state index is 0.118. The van der Waals surface area contributed by atoms with Crippen LogP contribution in [0.2, 0.25) is 5.02 Å². The van der Waals surface area contributed by atoms with Crippen molar-refractivity contribution < 1.29 is 18.4 Å². The number of nitrogens with one attached hydrogen (secondary N) is 1. The lowest BCUT2D eigenvalue weighted by atomic mass is 9.87. The van der Waals surface area contributed by atoms with Gasteiger partial charge in [0.05, 0.1) is 23.3 Å². The number of nitriles is 2. The van der Waals surface area contributed by atoms with Crippen LogP contribution in [0.4, 0.5) is 14.5 Å². The molecule has 0 radical (unpaired) electrons. The van der Waals surface area contributed by atoms with Crippen molar-refractivity contribution >= 4 is 29.6 Å². The fourth-order valence-corrected chi connectivity index (χ4v) is 3.56. The largest absolute Gasteiger partial charge is 0.351 e. The maximum atomic E-state index is 13.2. The topological polar surface area (TPSA) is 97.0 Å². The Morgan fingerprint density at radius 1 is 1.20 bits per heavy atom. The van der Waals surface area contributed by atoms with Crippen LogP contribution in [-0.4, -0.2) is 24.3 Å². The van der Waals surface area contributed by atoms with Crippen molar-refractivity contribution in [2.24, 2.45) is 0 Å². The molecule has 2 amide bonds. The van der Waals surface area contributed by atoms with E-state index < -0.39 is 36.8 Å². The minimum Gasteiger partial charge on any atom is -0.351 e.